The van der Waals surface area contributed by atoms with Crippen LogP contribution < -0.4 is 5.73 Å². The van der Waals surface area contributed by atoms with E-state index in [4.69, 9.17) is 10.2 Å². The lowest BCUT2D eigenvalue weighted by atomic mass is 10.1. The lowest BCUT2D eigenvalue weighted by Gasteiger charge is -2.01. The van der Waals surface area contributed by atoms with E-state index in [-0.39, 0.29) is 5.75 Å². The summed E-state index contributed by atoms with van der Waals surface area (Å²) in [5.41, 5.74) is 8.08. The second-order valence-corrected chi connectivity index (χ2v) is 4.20. The molecule has 0 atom stereocenters. The van der Waals surface area contributed by atoms with Crippen molar-refractivity contribution in [2.75, 3.05) is 5.73 Å². The van der Waals surface area contributed by atoms with Gasteiger partial charge in [-0.05, 0) is 43.3 Å². The average Bonchev–Trinajstić information content (AvgIpc) is 2.71. The van der Waals surface area contributed by atoms with Crippen LogP contribution in [-0.4, -0.2) is 10.1 Å². The van der Waals surface area contributed by atoms with Crippen molar-refractivity contribution in [1.82, 2.24) is 4.98 Å². The molecule has 2 heterocycles. The van der Waals surface area contributed by atoms with E-state index < -0.39 is 0 Å². The van der Waals surface area contributed by atoms with Gasteiger partial charge in [-0.3, -0.25) is 0 Å². The van der Waals surface area contributed by atoms with Gasteiger partial charge in [0.15, 0.2) is 0 Å². The van der Waals surface area contributed by atoms with Crippen molar-refractivity contribution in [2.24, 2.45) is 0 Å². The molecule has 1 aromatic carbocycles. The van der Waals surface area contributed by atoms with E-state index in [0.717, 1.165) is 28.0 Å². The van der Waals surface area contributed by atoms with Crippen LogP contribution in [-0.2, 0) is 0 Å². The van der Waals surface area contributed by atoms with Crippen molar-refractivity contribution in [3.05, 3.63) is 42.1 Å². The number of benzene rings is 1. The number of hydrogen-bond donors (Lipinski definition) is 2. The first kappa shape index (κ1) is 10.7. The maximum Gasteiger partial charge on any atom is 0.137 e. The van der Waals surface area contributed by atoms with Crippen molar-refractivity contribution in [2.45, 2.75) is 6.92 Å². The van der Waals surface area contributed by atoms with Gasteiger partial charge >= 0.3 is 0 Å². The summed E-state index contributed by atoms with van der Waals surface area (Å²) in [6.07, 6.45) is 0. The van der Waals surface area contributed by atoms with Gasteiger partial charge in [0, 0.05) is 10.9 Å². The van der Waals surface area contributed by atoms with E-state index >= 15 is 0 Å². The first-order chi connectivity index (χ1) is 8.63. The Kier molecular flexibility index (Phi) is 2.23. The van der Waals surface area contributed by atoms with Gasteiger partial charge < -0.3 is 15.3 Å². The topological polar surface area (TPSA) is 72.3 Å². The number of nitrogen functional groups attached to an aromatic ring is 1. The second-order valence-electron chi connectivity index (χ2n) is 4.20. The predicted molar refractivity (Wildman–Crippen MR) is 70.3 cm³/mol. The van der Waals surface area contributed by atoms with Gasteiger partial charge in [-0.1, -0.05) is 0 Å². The first-order valence-electron chi connectivity index (χ1n) is 5.59. The summed E-state index contributed by atoms with van der Waals surface area (Å²) >= 11 is 0. The van der Waals surface area contributed by atoms with Crippen LogP contribution in [0.5, 0.6) is 5.75 Å². The zero-order valence-corrected chi connectivity index (χ0v) is 9.84. The Balaban J connectivity index is 2.19. The van der Waals surface area contributed by atoms with E-state index in [0.29, 0.717) is 5.82 Å². The fraction of sp³-hybridized carbons (Fsp3) is 0.0714. The highest BCUT2D eigenvalue weighted by atomic mass is 16.3. The van der Waals surface area contributed by atoms with Crippen LogP contribution >= 0.6 is 0 Å². The molecule has 0 amide bonds. The Morgan fingerprint density at radius 2 is 2.00 bits per heavy atom. The lowest BCUT2D eigenvalue weighted by molar-refractivity contribution is 0.476. The molecule has 0 saturated carbocycles. The van der Waals surface area contributed by atoms with E-state index in [1.165, 1.54) is 0 Å². The van der Waals surface area contributed by atoms with Crippen molar-refractivity contribution >= 4 is 16.8 Å². The molecule has 4 heteroatoms. The molecule has 2 aromatic heterocycles. The van der Waals surface area contributed by atoms with Crippen molar-refractivity contribution in [3.63, 3.8) is 0 Å². The normalized spacial score (nSPS) is 10.9. The summed E-state index contributed by atoms with van der Waals surface area (Å²) in [5.74, 6) is 1.44. The van der Waals surface area contributed by atoms with Crippen molar-refractivity contribution < 1.29 is 9.52 Å². The monoisotopic (exact) mass is 240 g/mol. The minimum atomic E-state index is 0.224. The minimum Gasteiger partial charge on any atom is -0.508 e. The van der Waals surface area contributed by atoms with E-state index in [2.05, 4.69) is 4.98 Å². The summed E-state index contributed by atoms with van der Waals surface area (Å²) in [7, 11) is 0. The number of nitrogens with two attached hydrogens (primary N) is 1. The van der Waals surface area contributed by atoms with Gasteiger partial charge in [0.1, 0.15) is 22.9 Å². The Bertz CT molecular complexity index is 732. The van der Waals surface area contributed by atoms with Gasteiger partial charge in [-0.15, -0.1) is 0 Å². The maximum absolute atomic E-state index is 9.43. The molecule has 0 fully saturated rings. The largest absolute Gasteiger partial charge is 0.508 e. The molecule has 0 aliphatic heterocycles. The average molecular weight is 240 g/mol. The number of aromatic nitrogens is 1. The number of nitrogens with zero attached hydrogens (tertiary/aromatic N) is 1. The van der Waals surface area contributed by atoms with Crippen LogP contribution in [0, 0.1) is 6.92 Å². The number of hydrogen-bond acceptors (Lipinski definition) is 4. The molecule has 90 valence electrons. The molecular weight excluding hydrogens is 228 g/mol. The molecular formula is C14H12N2O2. The van der Waals surface area contributed by atoms with Crippen LogP contribution in [0.4, 0.5) is 5.82 Å². The van der Waals surface area contributed by atoms with E-state index in [9.17, 15) is 5.11 Å². The zero-order valence-electron chi connectivity index (χ0n) is 9.84. The number of furan rings is 1. The number of anilines is 1. The third-order valence-corrected chi connectivity index (χ3v) is 2.87. The summed E-state index contributed by atoms with van der Waals surface area (Å²) in [6, 6.07) is 10.5. The second kappa shape index (κ2) is 3.77. The molecule has 0 radical (unpaired) electrons. The Hall–Kier alpha value is -2.49. The quantitative estimate of drug-likeness (QED) is 0.685. The maximum atomic E-state index is 9.43. The predicted octanol–water partition coefficient (Wildman–Crippen LogP) is 3.09. The Morgan fingerprint density at radius 3 is 2.78 bits per heavy atom. The molecule has 0 saturated heterocycles. The van der Waals surface area contributed by atoms with Crippen LogP contribution in [0.1, 0.15) is 5.69 Å². The number of aromatic hydroxyl groups is 1. The SMILES string of the molecule is Cc1nc(N)ccc1-c1cc2cc(O)ccc2o1. The molecule has 3 N–H and O–H groups in total. The number of phenolic OH excluding ortho intramolecular Hbond substituents is 1. The van der Waals surface area contributed by atoms with Crippen LogP contribution in [0.15, 0.2) is 40.8 Å². The third-order valence-electron chi connectivity index (χ3n) is 2.87. The molecule has 0 spiro atoms. The number of pyridine rings is 1. The van der Waals surface area contributed by atoms with E-state index in [1.54, 1.807) is 24.3 Å². The van der Waals surface area contributed by atoms with Gasteiger partial charge in [-0.25, -0.2) is 4.98 Å². The number of phenols is 1. The van der Waals surface area contributed by atoms with Crippen molar-refractivity contribution in [1.29, 1.82) is 0 Å². The molecule has 18 heavy (non-hydrogen) atoms. The molecule has 0 unspecified atom stereocenters. The lowest BCUT2D eigenvalue weighted by Crippen LogP contribution is -1.93. The van der Waals surface area contributed by atoms with Crippen LogP contribution in [0.2, 0.25) is 0 Å². The van der Waals surface area contributed by atoms with Crippen LogP contribution in [0.3, 0.4) is 0 Å². The van der Waals surface area contributed by atoms with Gasteiger partial charge in [0.2, 0.25) is 0 Å². The minimum absolute atomic E-state index is 0.224. The van der Waals surface area contributed by atoms with E-state index in [1.807, 2.05) is 19.1 Å². The highest BCUT2D eigenvalue weighted by Crippen LogP contribution is 2.31. The summed E-state index contributed by atoms with van der Waals surface area (Å²) < 4.78 is 5.74. The van der Waals surface area contributed by atoms with Gasteiger partial charge in [0.25, 0.3) is 0 Å². The van der Waals surface area contributed by atoms with Gasteiger partial charge in [-0.2, -0.15) is 0 Å². The Morgan fingerprint density at radius 1 is 1.17 bits per heavy atom. The Labute approximate surface area is 104 Å². The van der Waals surface area contributed by atoms with Gasteiger partial charge in [0.05, 0.1) is 5.69 Å². The number of fused-ring (bicyclic) bond motifs is 1. The highest BCUT2D eigenvalue weighted by molar-refractivity contribution is 5.84. The standard InChI is InChI=1S/C14H12N2O2/c1-8-11(3-5-14(15)16-8)13-7-9-6-10(17)2-4-12(9)18-13/h2-7,17H,1H3,(H2,15,16). The third kappa shape index (κ3) is 1.68. The fourth-order valence-electron chi connectivity index (χ4n) is 2.00. The zero-order chi connectivity index (χ0) is 12.7. The summed E-state index contributed by atoms with van der Waals surface area (Å²) in [6.45, 7) is 1.89. The molecule has 4 nitrogen and oxygen atoms in total. The molecule has 3 aromatic rings. The fourth-order valence-corrected chi connectivity index (χ4v) is 2.00. The molecule has 0 aliphatic carbocycles. The smallest absolute Gasteiger partial charge is 0.137 e. The number of rotatable bonds is 1. The molecule has 0 bridgehead atoms. The molecule has 0 aliphatic rings. The molecule has 3 rings (SSSR count). The highest BCUT2D eigenvalue weighted by Gasteiger charge is 2.10. The summed E-state index contributed by atoms with van der Waals surface area (Å²) in [5, 5.41) is 10.3. The summed E-state index contributed by atoms with van der Waals surface area (Å²) in [4.78, 5) is 4.21. The number of aryl methyl sites for hydroxylation is 1. The van der Waals surface area contributed by atoms with Crippen molar-refractivity contribution in [3.8, 4) is 17.1 Å². The first-order valence-corrected chi connectivity index (χ1v) is 5.59. The van der Waals surface area contributed by atoms with Crippen LogP contribution in [0.25, 0.3) is 22.3 Å².